The van der Waals surface area contributed by atoms with Gasteiger partial charge in [0.15, 0.2) is 11.5 Å². The molecule has 2 N–H and O–H groups in total. The van der Waals surface area contributed by atoms with Gasteiger partial charge in [-0.1, -0.05) is 12.1 Å². The zero-order valence-corrected chi connectivity index (χ0v) is 11.6. The number of hydrogen-bond donors (Lipinski definition) is 2. The minimum Gasteiger partial charge on any atom is -0.504 e. The monoisotopic (exact) mass is 267 g/mol. The Kier molecular flexibility index (Phi) is 6.15. The lowest BCUT2D eigenvalue weighted by atomic mass is 10.1. The van der Waals surface area contributed by atoms with E-state index >= 15 is 0 Å². The number of benzene rings is 1. The molecule has 5 nitrogen and oxygen atoms in total. The van der Waals surface area contributed by atoms with E-state index in [0.29, 0.717) is 31.1 Å². The van der Waals surface area contributed by atoms with E-state index in [4.69, 9.17) is 9.47 Å². The van der Waals surface area contributed by atoms with Crippen LogP contribution in [0, 0.1) is 0 Å². The molecule has 1 aromatic rings. The second-order valence-corrected chi connectivity index (χ2v) is 4.05. The summed E-state index contributed by atoms with van der Waals surface area (Å²) in [4.78, 5) is 11.4. The summed E-state index contributed by atoms with van der Waals surface area (Å²) in [6.45, 7) is 6.56. The average Bonchev–Trinajstić information content (AvgIpc) is 2.40. The van der Waals surface area contributed by atoms with E-state index < -0.39 is 6.04 Å². The molecule has 0 aliphatic rings. The average molecular weight is 267 g/mol. The van der Waals surface area contributed by atoms with Crippen molar-refractivity contribution in [2.24, 2.45) is 0 Å². The fourth-order valence-corrected chi connectivity index (χ4v) is 1.60. The number of phenolic OH excluding ortho intramolecular Hbond substituents is 1. The normalized spacial score (nSPS) is 11.9. The van der Waals surface area contributed by atoms with Gasteiger partial charge in [0, 0.05) is 12.1 Å². The lowest BCUT2D eigenvalue weighted by Crippen LogP contribution is -2.34. The predicted octanol–water partition coefficient (Wildman–Crippen LogP) is 1.83. The fourth-order valence-electron chi connectivity index (χ4n) is 1.60. The zero-order chi connectivity index (χ0) is 14.3. The van der Waals surface area contributed by atoms with Crippen molar-refractivity contribution in [3.05, 3.63) is 23.8 Å². The minimum absolute atomic E-state index is 0.105. The lowest BCUT2D eigenvalue weighted by Gasteiger charge is -2.14. The molecule has 0 saturated heterocycles. The number of carbonyl (C=O) groups is 1. The second kappa shape index (κ2) is 7.63. The largest absolute Gasteiger partial charge is 0.504 e. The number of esters is 1. The van der Waals surface area contributed by atoms with Crippen molar-refractivity contribution in [1.82, 2.24) is 5.32 Å². The Morgan fingerprint density at radius 3 is 2.74 bits per heavy atom. The molecule has 106 valence electrons. The van der Waals surface area contributed by atoms with E-state index in [1.807, 2.05) is 6.92 Å². The van der Waals surface area contributed by atoms with Crippen LogP contribution in [0.5, 0.6) is 11.5 Å². The van der Waals surface area contributed by atoms with Crippen molar-refractivity contribution in [2.75, 3.05) is 13.2 Å². The lowest BCUT2D eigenvalue weighted by molar-refractivity contribution is -0.145. The van der Waals surface area contributed by atoms with Gasteiger partial charge in [-0.3, -0.25) is 4.79 Å². The highest BCUT2D eigenvalue weighted by atomic mass is 16.5. The van der Waals surface area contributed by atoms with E-state index in [2.05, 4.69) is 5.32 Å². The molecule has 0 aliphatic carbocycles. The van der Waals surface area contributed by atoms with E-state index in [9.17, 15) is 9.90 Å². The highest BCUT2D eigenvalue weighted by Gasteiger charge is 2.14. The summed E-state index contributed by atoms with van der Waals surface area (Å²) in [5.41, 5.74) is 0.682. The first kappa shape index (κ1) is 15.3. The van der Waals surface area contributed by atoms with E-state index in [1.54, 1.807) is 32.0 Å². The Labute approximate surface area is 113 Å². The number of phenols is 1. The summed E-state index contributed by atoms with van der Waals surface area (Å²) >= 11 is 0. The van der Waals surface area contributed by atoms with E-state index in [1.165, 1.54) is 0 Å². The molecule has 1 atom stereocenters. The third-order valence-corrected chi connectivity index (χ3v) is 2.62. The number of rotatable bonds is 7. The van der Waals surface area contributed by atoms with Crippen molar-refractivity contribution in [1.29, 1.82) is 0 Å². The van der Waals surface area contributed by atoms with Crippen LogP contribution in [0.25, 0.3) is 0 Å². The van der Waals surface area contributed by atoms with Crippen LogP contribution in [0.2, 0.25) is 0 Å². The minimum atomic E-state index is -0.421. The van der Waals surface area contributed by atoms with Crippen LogP contribution in [0.4, 0.5) is 0 Å². The molecule has 0 amide bonds. The predicted molar refractivity (Wildman–Crippen MR) is 72.2 cm³/mol. The summed E-state index contributed by atoms with van der Waals surface area (Å²) in [5, 5.41) is 13.0. The molecular weight excluding hydrogens is 246 g/mol. The van der Waals surface area contributed by atoms with Gasteiger partial charge in [-0.2, -0.15) is 0 Å². The Morgan fingerprint density at radius 1 is 1.37 bits per heavy atom. The van der Waals surface area contributed by atoms with Crippen LogP contribution in [0.1, 0.15) is 26.3 Å². The summed E-state index contributed by atoms with van der Waals surface area (Å²) in [5.74, 6) is 0.251. The molecular formula is C14H21NO4. The van der Waals surface area contributed by atoms with Crippen LogP contribution >= 0.6 is 0 Å². The number of carbonyl (C=O) groups excluding carboxylic acids is 1. The maximum Gasteiger partial charge on any atom is 0.322 e. The van der Waals surface area contributed by atoms with E-state index in [-0.39, 0.29) is 11.7 Å². The topological polar surface area (TPSA) is 67.8 Å². The molecule has 0 aromatic heterocycles. The van der Waals surface area contributed by atoms with Gasteiger partial charge in [0.2, 0.25) is 0 Å². The maximum atomic E-state index is 11.4. The number of para-hydroxylation sites is 1. The smallest absolute Gasteiger partial charge is 0.322 e. The third kappa shape index (κ3) is 4.44. The van der Waals surface area contributed by atoms with Gasteiger partial charge in [0.25, 0.3) is 0 Å². The Bertz CT molecular complexity index is 420. The summed E-state index contributed by atoms with van der Waals surface area (Å²) in [7, 11) is 0. The first-order valence-electron chi connectivity index (χ1n) is 6.43. The van der Waals surface area contributed by atoms with Crippen LogP contribution in [0.3, 0.4) is 0 Å². The van der Waals surface area contributed by atoms with Crippen molar-refractivity contribution in [3.8, 4) is 11.5 Å². The highest BCUT2D eigenvalue weighted by Crippen LogP contribution is 2.29. The van der Waals surface area contributed by atoms with Gasteiger partial charge < -0.3 is 19.9 Å². The number of aromatic hydroxyl groups is 1. The maximum absolute atomic E-state index is 11.4. The van der Waals surface area contributed by atoms with Crippen molar-refractivity contribution in [2.45, 2.75) is 33.4 Å². The molecule has 0 fully saturated rings. The molecule has 1 rings (SSSR count). The standard InChI is InChI=1S/C14H21NO4/c1-4-18-12-8-6-7-11(13(12)16)9-15-10(3)14(17)19-5-2/h6-8,10,15-16H,4-5,9H2,1-3H3. The van der Waals surface area contributed by atoms with E-state index in [0.717, 1.165) is 0 Å². The Balaban J connectivity index is 2.62. The molecule has 0 aliphatic heterocycles. The summed E-state index contributed by atoms with van der Waals surface area (Å²) < 4.78 is 10.2. The third-order valence-electron chi connectivity index (χ3n) is 2.62. The van der Waals surface area contributed by atoms with Gasteiger partial charge in [-0.15, -0.1) is 0 Å². The second-order valence-electron chi connectivity index (χ2n) is 4.05. The van der Waals surface area contributed by atoms with Crippen molar-refractivity contribution >= 4 is 5.97 Å². The zero-order valence-electron chi connectivity index (χ0n) is 11.6. The molecule has 0 heterocycles. The summed E-state index contributed by atoms with van der Waals surface area (Å²) in [6.07, 6.45) is 0. The van der Waals surface area contributed by atoms with Crippen LogP contribution in [-0.4, -0.2) is 30.3 Å². The molecule has 5 heteroatoms. The van der Waals surface area contributed by atoms with Gasteiger partial charge >= 0.3 is 5.97 Å². The highest BCUT2D eigenvalue weighted by molar-refractivity contribution is 5.75. The van der Waals surface area contributed by atoms with Crippen LogP contribution < -0.4 is 10.1 Å². The van der Waals surface area contributed by atoms with Crippen molar-refractivity contribution in [3.63, 3.8) is 0 Å². The van der Waals surface area contributed by atoms with Crippen LogP contribution in [-0.2, 0) is 16.1 Å². The quantitative estimate of drug-likeness (QED) is 0.738. The molecule has 1 unspecified atom stereocenters. The SMILES string of the molecule is CCOC(=O)C(C)NCc1cccc(OCC)c1O. The molecule has 0 bridgehead atoms. The molecule has 1 aromatic carbocycles. The van der Waals surface area contributed by atoms with Gasteiger partial charge in [-0.25, -0.2) is 0 Å². The van der Waals surface area contributed by atoms with Crippen LogP contribution in [0.15, 0.2) is 18.2 Å². The van der Waals surface area contributed by atoms with Gasteiger partial charge in [0.1, 0.15) is 6.04 Å². The Morgan fingerprint density at radius 2 is 2.11 bits per heavy atom. The first-order valence-corrected chi connectivity index (χ1v) is 6.43. The molecule has 19 heavy (non-hydrogen) atoms. The molecule has 0 saturated carbocycles. The molecule has 0 spiro atoms. The molecule has 0 radical (unpaired) electrons. The first-order chi connectivity index (χ1) is 9.10. The number of nitrogens with one attached hydrogen (secondary N) is 1. The summed E-state index contributed by atoms with van der Waals surface area (Å²) in [6, 6.07) is 4.87. The van der Waals surface area contributed by atoms with Gasteiger partial charge in [-0.05, 0) is 26.8 Å². The fraction of sp³-hybridized carbons (Fsp3) is 0.500. The van der Waals surface area contributed by atoms with Gasteiger partial charge in [0.05, 0.1) is 13.2 Å². The van der Waals surface area contributed by atoms with Crippen molar-refractivity contribution < 1.29 is 19.4 Å². The number of hydrogen-bond acceptors (Lipinski definition) is 5. The number of ether oxygens (including phenoxy) is 2. The Hall–Kier alpha value is -1.75.